The Labute approximate surface area is 170 Å². The van der Waals surface area contributed by atoms with Gasteiger partial charge >= 0.3 is 0 Å². The molecule has 0 amide bonds. The van der Waals surface area contributed by atoms with Crippen molar-refractivity contribution in [3.63, 3.8) is 0 Å². The van der Waals surface area contributed by atoms with Crippen molar-refractivity contribution < 1.29 is 0 Å². The van der Waals surface area contributed by atoms with Gasteiger partial charge in [-0.15, -0.1) is 5.10 Å². The molecule has 1 fully saturated rings. The Morgan fingerprint density at radius 3 is 2.29 bits per heavy atom. The fourth-order valence-electron chi connectivity index (χ4n) is 3.25. The van der Waals surface area contributed by atoms with Crippen LogP contribution < -0.4 is 15.5 Å². The molecule has 28 heavy (non-hydrogen) atoms. The monoisotopic (exact) mass is 394 g/mol. The van der Waals surface area contributed by atoms with E-state index in [9.17, 15) is 0 Å². The smallest absolute Gasteiger partial charge is 0.249 e. The average molecular weight is 395 g/mol. The maximum absolute atomic E-state index is 5.91. The van der Waals surface area contributed by atoms with Crippen molar-refractivity contribution in [2.24, 2.45) is 5.92 Å². The van der Waals surface area contributed by atoms with Gasteiger partial charge in [-0.2, -0.15) is 10.1 Å². The molecular weight excluding hydrogens is 372 g/mol. The second kappa shape index (κ2) is 8.44. The van der Waals surface area contributed by atoms with Crippen molar-refractivity contribution in [2.45, 2.75) is 19.8 Å². The molecule has 7 heteroatoms. The molecule has 0 atom stereocenters. The molecule has 0 bridgehead atoms. The van der Waals surface area contributed by atoms with Crippen molar-refractivity contribution >= 4 is 40.4 Å². The van der Waals surface area contributed by atoms with Gasteiger partial charge in [-0.25, -0.2) is 0 Å². The Balaban J connectivity index is 1.40. The number of halogens is 1. The second-order valence-electron chi connectivity index (χ2n) is 7.14. The Morgan fingerprint density at radius 1 is 0.929 bits per heavy atom. The number of aromatic nitrogens is 3. The van der Waals surface area contributed by atoms with Crippen LogP contribution in [0.25, 0.3) is 0 Å². The van der Waals surface area contributed by atoms with Crippen molar-refractivity contribution in [3.05, 3.63) is 59.8 Å². The van der Waals surface area contributed by atoms with Crippen LogP contribution in [-0.4, -0.2) is 28.3 Å². The van der Waals surface area contributed by atoms with Crippen LogP contribution in [-0.2, 0) is 0 Å². The topological polar surface area (TPSA) is 66.0 Å². The first-order valence-electron chi connectivity index (χ1n) is 9.50. The predicted molar refractivity (Wildman–Crippen MR) is 115 cm³/mol. The normalized spacial score (nSPS) is 14.7. The zero-order chi connectivity index (χ0) is 19.3. The molecule has 0 aliphatic carbocycles. The molecule has 4 rings (SSSR count). The highest BCUT2D eigenvalue weighted by atomic mass is 35.5. The average Bonchev–Trinajstić information content (AvgIpc) is 2.71. The molecule has 0 saturated carbocycles. The summed E-state index contributed by atoms with van der Waals surface area (Å²) >= 11 is 5.91. The molecule has 0 unspecified atom stereocenters. The van der Waals surface area contributed by atoms with Crippen LogP contribution in [0.15, 0.2) is 54.7 Å². The molecule has 2 aromatic carbocycles. The Bertz CT molecular complexity index is 905. The maximum atomic E-state index is 5.91. The van der Waals surface area contributed by atoms with Gasteiger partial charge in [0.2, 0.25) is 5.95 Å². The third kappa shape index (κ3) is 4.70. The SMILES string of the molecule is CC1CCN(c2ccc(Nc3cnnc(Nc4ccc(Cl)cc4)n3)cc2)CC1. The molecule has 2 heterocycles. The maximum Gasteiger partial charge on any atom is 0.249 e. The summed E-state index contributed by atoms with van der Waals surface area (Å²) in [7, 11) is 0. The summed E-state index contributed by atoms with van der Waals surface area (Å²) in [5, 5.41) is 15.1. The number of benzene rings is 2. The lowest BCUT2D eigenvalue weighted by molar-refractivity contribution is 0.438. The Kier molecular flexibility index (Phi) is 5.58. The van der Waals surface area contributed by atoms with Crippen LogP contribution in [0.4, 0.5) is 28.8 Å². The number of rotatable bonds is 5. The first kappa shape index (κ1) is 18.5. The van der Waals surface area contributed by atoms with Crippen LogP contribution in [0, 0.1) is 5.92 Å². The highest BCUT2D eigenvalue weighted by Gasteiger charge is 2.15. The molecule has 144 valence electrons. The molecule has 1 aliphatic rings. The van der Waals surface area contributed by atoms with Gasteiger partial charge < -0.3 is 15.5 Å². The fourth-order valence-corrected chi connectivity index (χ4v) is 3.38. The minimum absolute atomic E-state index is 0.423. The van der Waals surface area contributed by atoms with Gasteiger partial charge in [-0.1, -0.05) is 18.5 Å². The third-order valence-electron chi connectivity index (χ3n) is 4.95. The lowest BCUT2D eigenvalue weighted by Crippen LogP contribution is -2.32. The van der Waals surface area contributed by atoms with E-state index in [4.69, 9.17) is 11.6 Å². The summed E-state index contributed by atoms with van der Waals surface area (Å²) in [5.74, 6) is 1.88. The molecule has 1 saturated heterocycles. The number of nitrogens with one attached hydrogen (secondary N) is 2. The largest absolute Gasteiger partial charge is 0.372 e. The minimum atomic E-state index is 0.423. The first-order valence-corrected chi connectivity index (χ1v) is 9.88. The van der Waals surface area contributed by atoms with E-state index >= 15 is 0 Å². The summed E-state index contributed by atoms with van der Waals surface area (Å²) < 4.78 is 0. The van der Waals surface area contributed by atoms with Gasteiger partial charge in [-0.3, -0.25) is 0 Å². The zero-order valence-electron chi connectivity index (χ0n) is 15.8. The first-order chi connectivity index (χ1) is 13.7. The summed E-state index contributed by atoms with van der Waals surface area (Å²) in [5.41, 5.74) is 3.08. The van der Waals surface area contributed by atoms with Crippen molar-refractivity contribution in [3.8, 4) is 0 Å². The molecule has 1 aliphatic heterocycles. The number of nitrogens with zero attached hydrogens (tertiary/aromatic N) is 4. The number of piperidine rings is 1. The van der Waals surface area contributed by atoms with Crippen molar-refractivity contribution in [2.75, 3.05) is 28.6 Å². The van der Waals surface area contributed by atoms with Gasteiger partial charge in [0.1, 0.15) is 0 Å². The molecule has 2 N–H and O–H groups in total. The van der Waals surface area contributed by atoms with Crippen LogP contribution in [0.2, 0.25) is 5.02 Å². The lowest BCUT2D eigenvalue weighted by atomic mass is 9.99. The second-order valence-corrected chi connectivity index (χ2v) is 7.57. The number of hydrogen-bond donors (Lipinski definition) is 2. The van der Waals surface area contributed by atoms with Crippen LogP contribution >= 0.6 is 11.6 Å². The van der Waals surface area contributed by atoms with Crippen LogP contribution in [0.5, 0.6) is 0 Å². The van der Waals surface area contributed by atoms with E-state index in [0.29, 0.717) is 16.8 Å². The van der Waals surface area contributed by atoms with Gasteiger partial charge in [0, 0.05) is 35.2 Å². The summed E-state index contributed by atoms with van der Waals surface area (Å²) in [6, 6.07) is 15.8. The lowest BCUT2D eigenvalue weighted by Gasteiger charge is -2.32. The quantitative estimate of drug-likeness (QED) is 0.616. The summed E-state index contributed by atoms with van der Waals surface area (Å²) in [4.78, 5) is 6.92. The van der Waals surface area contributed by atoms with E-state index in [2.05, 4.69) is 61.9 Å². The van der Waals surface area contributed by atoms with E-state index in [-0.39, 0.29) is 0 Å². The minimum Gasteiger partial charge on any atom is -0.372 e. The molecule has 6 nitrogen and oxygen atoms in total. The fraction of sp³-hybridized carbons (Fsp3) is 0.286. The third-order valence-corrected chi connectivity index (χ3v) is 5.20. The van der Waals surface area contributed by atoms with E-state index in [1.165, 1.54) is 18.5 Å². The van der Waals surface area contributed by atoms with Crippen LogP contribution in [0.3, 0.4) is 0 Å². The Hall–Kier alpha value is -2.86. The predicted octanol–water partition coefficient (Wildman–Crippen LogP) is 5.25. The zero-order valence-corrected chi connectivity index (χ0v) is 16.5. The molecule has 3 aromatic rings. The van der Waals surface area contributed by atoms with E-state index in [1.807, 2.05) is 24.3 Å². The Morgan fingerprint density at radius 2 is 1.57 bits per heavy atom. The van der Waals surface area contributed by atoms with Crippen molar-refractivity contribution in [1.82, 2.24) is 15.2 Å². The molecule has 0 spiro atoms. The molecule has 1 aromatic heterocycles. The number of anilines is 5. The number of hydrogen-bond acceptors (Lipinski definition) is 6. The van der Waals surface area contributed by atoms with Gasteiger partial charge in [0.15, 0.2) is 5.82 Å². The van der Waals surface area contributed by atoms with Crippen molar-refractivity contribution in [1.29, 1.82) is 0 Å². The highest BCUT2D eigenvalue weighted by molar-refractivity contribution is 6.30. The highest BCUT2D eigenvalue weighted by Crippen LogP contribution is 2.25. The van der Waals surface area contributed by atoms with E-state index < -0.39 is 0 Å². The van der Waals surface area contributed by atoms with E-state index in [0.717, 1.165) is 30.4 Å². The summed E-state index contributed by atoms with van der Waals surface area (Å²) in [6.07, 6.45) is 4.12. The molecule has 0 radical (unpaired) electrons. The van der Waals surface area contributed by atoms with Gasteiger partial charge in [-0.05, 0) is 67.3 Å². The van der Waals surface area contributed by atoms with Gasteiger partial charge in [0.05, 0.1) is 6.20 Å². The van der Waals surface area contributed by atoms with E-state index in [1.54, 1.807) is 6.20 Å². The standard InChI is InChI=1S/C21H23ClN6/c1-15-10-12-28(13-11-15)19-8-6-17(7-9-19)24-20-14-23-27-21(26-20)25-18-4-2-16(22)3-5-18/h2-9,14-15H,10-13H2,1H3,(H2,24,25,26,27). The van der Waals surface area contributed by atoms with Gasteiger partial charge in [0.25, 0.3) is 0 Å². The molecular formula is C21H23ClN6. The van der Waals surface area contributed by atoms with Crippen LogP contribution in [0.1, 0.15) is 19.8 Å². The summed E-state index contributed by atoms with van der Waals surface area (Å²) in [6.45, 7) is 4.59.